The van der Waals surface area contributed by atoms with E-state index in [4.69, 9.17) is 12.3 Å². The topological polar surface area (TPSA) is 38.9 Å². The van der Waals surface area contributed by atoms with Gasteiger partial charge in [-0.25, -0.2) is 0 Å². The van der Waals surface area contributed by atoms with Crippen molar-refractivity contribution >= 4 is 35.2 Å². The predicted molar refractivity (Wildman–Crippen MR) is 80.1 cm³/mol. The summed E-state index contributed by atoms with van der Waals surface area (Å²) in [5.41, 5.74) is 4.28. The van der Waals surface area contributed by atoms with Crippen molar-refractivity contribution in [2.45, 2.75) is 0 Å². The Morgan fingerprint density at radius 3 is 2.65 bits per heavy atom. The number of hydrogen-bond donors (Lipinski definition) is 0. The normalized spacial score (nSPS) is 11.2. The first-order valence-electron chi connectivity index (χ1n) is 6.29. The molecule has 0 aliphatic rings. The molecule has 0 unspecified atom stereocenters. The van der Waals surface area contributed by atoms with Crippen LogP contribution in [0.2, 0.25) is 0 Å². The second-order valence-electron chi connectivity index (χ2n) is 4.66. The van der Waals surface area contributed by atoms with Crippen molar-refractivity contribution < 1.29 is 4.42 Å². The number of fused-ring (bicyclic) bond motifs is 3. The molecule has 0 N–H and O–H groups in total. The van der Waals surface area contributed by atoms with Gasteiger partial charge in [0.25, 0.3) is 0 Å². The molecule has 0 atom stereocenters. The van der Waals surface area contributed by atoms with E-state index in [9.17, 15) is 0 Å². The van der Waals surface area contributed by atoms with E-state index >= 15 is 0 Å². The molecule has 0 aliphatic carbocycles. The van der Waals surface area contributed by atoms with E-state index in [0.717, 1.165) is 33.2 Å². The zero-order valence-electron chi connectivity index (χ0n) is 10.6. The molecule has 4 aromatic rings. The quantitative estimate of drug-likeness (QED) is 0.491. The molecule has 4 rings (SSSR count). The van der Waals surface area contributed by atoms with Gasteiger partial charge in [-0.15, -0.1) is 0 Å². The van der Waals surface area contributed by atoms with E-state index in [2.05, 4.69) is 16.0 Å². The summed E-state index contributed by atoms with van der Waals surface area (Å²) in [6, 6.07) is 11.7. The van der Waals surface area contributed by atoms with Crippen LogP contribution in [-0.2, 0) is 0 Å². The lowest BCUT2D eigenvalue weighted by Gasteiger charge is -2.01. The Bertz CT molecular complexity index is 913. The highest BCUT2D eigenvalue weighted by atomic mass is 16.3. The van der Waals surface area contributed by atoms with Gasteiger partial charge in [-0.1, -0.05) is 11.5 Å². The molecule has 4 heteroatoms. The second-order valence-corrected chi connectivity index (χ2v) is 4.66. The van der Waals surface area contributed by atoms with Crippen LogP contribution in [0.3, 0.4) is 0 Å². The highest BCUT2D eigenvalue weighted by Gasteiger charge is 2.08. The van der Waals surface area contributed by atoms with Crippen molar-refractivity contribution in [3.05, 3.63) is 55.0 Å². The fourth-order valence-corrected chi connectivity index (χ4v) is 2.36. The molecular formula is C16H9BN2O. The zero-order valence-corrected chi connectivity index (χ0v) is 10.6. The Labute approximate surface area is 116 Å². The minimum Gasteiger partial charge on any atom is -0.456 e. The van der Waals surface area contributed by atoms with Gasteiger partial charge in [0.1, 0.15) is 19.0 Å². The fourth-order valence-electron chi connectivity index (χ4n) is 2.36. The molecule has 0 bridgehead atoms. The van der Waals surface area contributed by atoms with Crippen molar-refractivity contribution in [1.82, 2.24) is 9.97 Å². The van der Waals surface area contributed by atoms with Crippen LogP contribution >= 0.6 is 0 Å². The third-order valence-electron chi connectivity index (χ3n) is 3.35. The zero-order chi connectivity index (χ0) is 13.5. The van der Waals surface area contributed by atoms with Crippen LogP contribution in [0.4, 0.5) is 0 Å². The van der Waals surface area contributed by atoms with Crippen LogP contribution in [0, 0.1) is 0 Å². The third-order valence-corrected chi connectivity index (χ3v) is 3.35. The summed E-state index contributed by atoms with van der Waals surface area (Å²) in [4.78, 5) is 8.51. The van der Waals surface area contributed by atoms with Crippen LogP contribution in [0.5, 0.6) is 0 Å². The lowest BCUT2D eigenvalue weighted by molar-refractivity contribution is 0.668. The van der Waals surface area contributed by atoms with Crippen molar-refractivity contribution in [1.29, 1.82) is 0 Å². The van der Waals surface area contributed by atoms with Gasteiger partial charge in [0.05, 0.1) is 5.69 Å². The molecule has 0 aliphatic heterocycles. The average Bonchev–Trinajstić information content (AvgIpc) is 2.86. The van der Waals surface area contributed by atoms with Gasteiger partial charge in [-0.3, -0.25) is 9.97 Å². The molecule has 92 valence electrons. The second kappa shape index (κ2) is 4.20. The molecular weight excluding hydrogens is 247 g/mol. The maximum absolute atomic E-state index is 5.78. The molecule has 0 fully saturated rings. The molecule has 3 heterocycles. The molecule has 20 heavy (non-hydrogen) atoms. The first-order valence-corrected chi connectivity index (χ1v) is 6.29. The summed E-state index contributed by atoms with van der Waals surface area (Å²) in [5.74, 6) is 0. The molecule has 0 saturated heterocycles. The Kier molecular flexibility index (Phi) is 2.36. The molecule has 2 radical (unpaired) electrons. The highest BCUT2D eigenvalue weighted by molar-refractivity contribution is 6.32. The van der Waals surface area contributed by atoms with Crippen molar-refractivity contribution in [3.63, 3.8) is 0 Å². The van der Waals surface area contributed by atoms with Gasteiger partial charge in [0.15, 0.2) is 0 Å². The highest BCUT2D eigenvalue weighted by Crippen LogP contribution is 2.30. The van der Waals surface area contributed by atoms with Gasteiger partial charge in [-0.05, 0) is 30.3 Å². The Hall–Kier alpha value is -2.62. The number of furan rings is 1. The lowest BCUT2D eigenvalue weighted by Crippen LogP contribution is -2.01. The summed E-state index contributed by atoms with van der Waals surface area (Å²) in [6.45, 7) is 0. The first kappa shape index (κ1) is 11.2. The summed E-state index contributed by atoms with van der Waals surface area (Å²) in [6.07, 6.45) is 5.21. The van der Waals surface area contributed by atoms with Crippen molar-refractivity contribution in [2.75, 3.05) is 0 Å². The van der Waals surface area contributed by atoms with E-state index in [0.29, 0.717) is 5.46 Å². The average molecular weight is 256 g/mol. The van der Waals surface area contributed by atoms with Crippen molar-refractivity contribution in [2.24, 2.45) is 0 Å². The predicted octanol–water partition coefficient (Wildman–Crippen LogP) is 2.84. The van der Waals surface area contributed by atoms with Crippen LogP contribution in [0.15, 0.2) is 59.4 Å². The Morgan fingerprint density at radius 2 is 1.80 bits per heavy atom. The number of benzene rings is 1. The van der Waals surface area contributed by atoms with Crippen LogP contribution in [0.1, 0.15) is 0 Å². The van der Waals surface area contributed by atoms with Gasteiger partial charge in [0, 0.05) is 34.9 Å². The molecule has 3 nitrogen and oxygen atoms in total. The molecule has 0 spiro atoms. The monoisotopic (exact) mass is 256 g/mol. The lowest BCUT2D eigenvalue weighted by atomic mass is 9.98. The summed E-state index contributed by atoms with van der Waals surface area (Å²) < 4.78 is 5.78. The standard InChI is InChI=1S/C16H9BN2O/c17-11-2-3-14(19-8-11)10-1-4-15-12(7-10)13-9-18-6-5-16(13)20-15/h1-9H. The van der Waals surface area contributed by atoms with E-state index < -0.39 is 0 Å². The van der Waals surface area contributed by atoms with Crippen LogP contribution in [-0.4, -0.2) is 17.8 Å². The minimum atomic E-state index is 0.660. The van der Waals surface area contributed by atoms with Gasteiger partial charge in [0.2, 0.25) is 0 Å². The molecule has 0 amide bonds. The molecule has 1 aromatic carbocycles. The summed E-state index contributed by atoms with van der Waals surface area (Å²) in [7, 11) is 5.67. The number of rotatable bonds is 1. The van der Waals surface area contributed by atoms with Gasteiger partial charge >= 0.3 is 0 Å². The Morgan fingerprint density at radius 1 is 0.900 bits per heavy atom. The largest absolute Gasteiger partial charge is 0.456 e. The van der Waals surface area contributed by atoms with Gasteiger partial charge < -0.3 is 4.42 Å². The maximum Gasteiger partial charge on any atom is 0.138 e. The number of pyridine rings is 2. The number of aromatic nitrogens is 2. The first-order chi connectivity index (χ1) is 9.81. The van der Waals surface area contributed by atoms with Crippen LogP contribution < -0.4 is 5.46 Å². The smallest absolute Gasteiger partial charge is 0.138 e. The third kappa shape index (κ3) is 1.69. The van der Waals surface area contributed by atoms with E-state index in [1.807, 2.05) is 36.5 Å². The van der Waals surface area contributed by atoms with E-state index in [-0.39, 0.29) is 0 Å². The van der Waals surface area contributed by atoms with Crippen molar-refractivity contribution in [3.8, 4) is 11.3 Å². The van der Waals surface area contributed by atoms with E-state index in [1.54, 1.807) is 12.4 Å². The summed E-state index contributed by atoms with van der Waals surface area (Å²) in [5, 5.41) is 2.06. The van der Waals surface area contributed by atoms with E-state index in [1.165, 1.54) is 0 Å². The summed E-state index contributed by atoms with van der Waals surface area (Å²) >= 11 is 0. The minimum absolute atomic E-state index is 0.660. The van der Waals surface area contributed by atoms with Gasteiger partial charge in [-0.2, -0.15) is 0 Å². The number of hydrogen-bond acceptors (Lipinski definition) is 3. The molecule has 0 saturated carbocycles. The fraction of sp³-hybridized carbons (Fsp3) is 0. The maximum atomic E-state index is 5.78. The number of nitrogens with zero attached hydrogens (tertiary/aromatic N) is 2. The van der Waals surface area contributed by atoms with Crippen LogP contribution in [0.25, 0.3) is 33.2 Å². The SMILES string of the molecule is [B]c1ccc(-c2ccc3oc4ccncc4c3c2)nc1. The molecule has 3 aromatic heterocycles. The Balaban J connectivity index is 1.97.